The Morgan fingerprint density at radius 1 is 1.17 bits per heavy atom. The first-order valence-electron chi connectivity index (χ1n) is 9.36. The number of nitrogens with one attached hydrogen (secondary N) is 1. The summed E-state index contributed by atoms with van der Waals surface area (Å²) in [7, 11) is 0. The van der Waals surface area contributed by atoms with E-state index in [1.54, 1.807) is 30.3 Å². The molecule has 6 nitrogen and oxygen atoms in total. The van der Waals surface area contributed by atoms with Gasteiger partial charge in [0.05, 0.1) is 22.2 Å². The van der Waals surface area contributed by atoms with Crippen LogP contribution in [0.5, 0.6) is 5.75 Å². The summed E-state index contributed by atoms with van der Waals surface area (Å²) in [6.07, 6.45) is 1.63. The molecule has 1 aliphatic rings. The Bertz CT molecular complexity index is 989. The lowest BCUT2D eigenvalue weighted by Gasteiger charge is -2.13. The van der Waals surface area contributed by atoms with E-state index in [4.69, 9.17) is 16.3 Å². The molecule has 1 fully saturated rings. The van der Waals surface area contributed by atoms with Crippen LogP contribution in [0.1, 0.15) is 19.4 Å². The summed E-state index contributed by atoms with van der Waals surface area (Å²) < 4.78 is 5.64. The second-order valence-corrected chi connectivity index (χ2v) is 8.47. The Hall–Kier alpha value is -2.77. The van der Waals surface area contributed by atoms with Crippen molar-refractivity contribution in [2.24, 2.45) is 5.92 Å². The molecule has 1 saturated heterocycles. The van der Waals surface area contributed by atoms with Crippen molar-refractivity contribution < 1.29 is 19.1 Å². The van der Waals surface area contributed by atoms with Gasteiger partial charge in [0.25, 0.3) is 11.1 Å². The number of amides is 3. The Morgan fingerprint density at radius 2 is 1.87 bits per heavy atom. The number of carbonyl (C=O) groups is 3. The van der Waals surface area contributed by atoms with Crippen LogP contribution in [0.3, 0.4) is 0 Å². The average molecular weight is 445 g/mol. The van der Waals surface area contributed by atoms with E-state index < -0.39 is 17.1 Å². The van der Waals surface area contributed by atoms with Crippen LogP contribution in [0, 0.1) is 5.92 Å². The van der Waals surface area contributed by atoms with Crippen molar-refractivity contribution in [1.29, 1.82) is 0 Å². The van der Waals surface area contributed by atoms with Crippen molar-refractivity contribution in [3.8, 4) is 5.75 Å². The van der Waals surface area contributed by atoms with Crippen LogP contribution in [0.4, 0.5) is 10.5 Å². The topological polar surface area (TPSA) is 75.7 Å². The van der Waals surface area contributed by atoms with Gasteiger partial charge in [0.2, 0.25) is 5.91 Å². The van der Waals surface area contributed by atoms with Crippen molar-refractivity contribution in [3.05, 3.63) is 64.0 Å². The summed E-state index contributed by atoms with van der Waals surface area (Å²) in [6, 6.07) is 14.0. The van der Waals surface area contributed by atoms with E-state index in [0.29, 0.717) is 23.2 Å². The van der Waals surface area contributed by atoms with Gasteiger partial charge in [0.1, 0.15) is 12.3 Å². The van der Waals surface area contributed by atoms with Crippen LogP contribution in [0.15, 0.2) is 53.4 Å². The predicted molar refractivity (Wildman–Crippen MR) is 120 cm³/mol. The molecule has 2 aromatic rings. The molecule has 1 aliphatic heterocycles. The van der Waals surface area contributed by atoms with E-state index in [0.717, 1.165) is 28.0 Å². The van der Waals surface area contributed by atoms with Crippen molar-refractivity contribution in [2.45, 2.75) is 13.8 Å². The molecule has 0 spiro atoms. The number of hydrogen-bond acceptors (Lipinski definition) is 5. The van der Waals surface area contributed by atoms with Crippen LogP contribution in [0.2, 0.25) is 5.02 Å². The minimum atomic E-state index is -0.502. The Labute approximate surface area is 184 Å². The normalized spacial score (nSPS) is 15.2. The molecule has 3 rings (SSSR count). The molecule has 1 heterocycles. The van der Waals surface area contributed by atoms with E-state index in [1.807, 2.05) is 24.3 Å². The molecule has 8 heteroatoms. The molecular formula is C22H21ClN2O4S. The minimum Gasteiger partial charge on any atom is -0.493 e. The molecule has 0 saturated carbocycles. The highest BCUT2D eigenvalue weighted by Gasteiger charge is 2.36. The van der Waals surface area contributed by atoms with Gasteiger partial charge >= 0.3 is 0 Å². The minimum absolute atomic E-state index is 0.265. The lowest BCUT2D eigenvalue weighted by atomic mass is 10.2. The number of hydrogen-bond donors (Lipinski definition) is 1. The molecule has 156 valence electrons. The third kappa shape index (κ3) is 5.64. The van der Waals surface area contributed by atoms with Crippen LogP contribution >= 0.6 is 23.4 Å². The maximum absolute atomic E-state index is 12.6. The fraction of sp³-hybridized carbons (Fsp3) is 0.227. The maximum Gasteiger partial charge on any atom is 0.294 e. The van der Waals surface area contributed by atoms with Gasteiger partial charge in [-0.15, -0.1) is 0 Å². The van der Waals surface area contributed by atoms with Gasteiger partial charge in [-0.1, -0.05) is 49.7 Å². The van der Waals surface area contributed by atoms with Gasteiger partial charge < -0.3 is 10.1 Å². The fourth-order valence-electron chi connectivity index (χ4n) is 2.61. The van der Waals surface area contributed by atoms with E-state index in [9.17, 15) is 14.4 Å². The molecule has 3 amide bonds. The predicted octanol–water partition coefficient (Wildman–Crippen LogP) is 5.05. The number of thioether (sulfide) groups is 1. The smallest absolute Gasteiger partial charge is 0.294 e. The molecular weight excluding hydrogens is 424 g/mol. The molecule has 1 N–H and O–H groups in total. The molecule has 0 unspecified atom stereocenters. The second kappa shape index (κ2) is 9.82. The van der Waals surface area contributed by atoms with Crippen molar-refractivity contribution >= 4 is 52.2 Å². The largest absolute Gasteiger partial charge is 0.493 e. The summed E-state index contributed by atoms with van der Waals surface area (Å²) in [4.78, 5) is 38.3. The monoisotopic (exact) mass is 444 g/mol. The Morgan fingerprint density at radius 3 is 2.53 bits per heavy atom. The van der Waals surface area contributed by atoms with Gasteiger partial charge in [-0.05, 0) is 53.6 Å². The van der Waals surface area contributed by atoms with Gasteiger partial charge in [-0.2, -0.15) is 0 Å². The molecule has 0 bridgehead atoms. The molecule has 2 aromatic carbocycles. The van der Waals surface area contributed by atoms with Crippen molar-refractivity contribution in [3.63, 3.8) is 0 Å². The maximum atomic E-state index is 12.6. The van der Waals surface area contributed by atoms with E-state index >= 15 is 0 Å². The highest BCUT2D eigenvalue weighted by atomic mass is 35.5. The van der Waals surface area contributed by atoms with Crippen molar-refractivity contribution in [2.75, 3.05) is 18.5 Å². The zero-order valence-corrected chi connectivity index (χ0v) is 18.1. The summed E-state index contributed by atoms with van der Waals surface area (Å²) >= 11 is 6.83. The fourth-order valence-corrected chi connectivity index (χ4v) is 3.63. The molecule has 0 aliphatic carbocycles. The molecule has 0 atom stereocenters. The zero-order valence-electron chi connectivity index (χ0n) is 16.6. The molecule has 0 aromatic heterocycles. The third-order valence-corrected chi connectivity index (χ3v) is 5.32. The summed E-state index contributed by atoms with van der Waals surface area (Å²) in [5.74, 6) is 0.161. The first-order valence-corrected chi connectivity index (χ1v) is 10.6. The van der Waals surface area contributed by atoms with Crippen molar-refractivity contribution in [1.82, 2.24) is 4.90 Å². The quantitative estimate of drug-likeness (QED) is 0.605. The number of para-hydroxylation sites is 1. The zero-order chi connectivity index (χ0) is 21.7. The highest BCUT2D eigenvalue weighted by Crippen LogP contribution is 2.32. The summed E-state index contributed by atoms with van der Waals surface area (Å²) in [5, 5.41) is 2.50. The number of imide groups is 1. The number of rotatable bonds is 7. The number of benzene rings is 2. The summed E-state index contributed by atoms with van der Waals surface area (Å²) in [5.41, 5.74) is 1.18. The lowest BCUT2D eigenvalue weighted by Crippen LogP contribution is -2.36. The Balaban J connectivity index is 1.64. The van der Waals surface area contributed by atoms with Gasteiger partial charge in [-0.3, -0.25) is 19.3 Å². The summed E-state index contributed by atoms with van der Waals surface area (Å²) in [6.45, 7) is 4.38. The van der Waals surface area contributed by atoms with Crippen LogP contribution in [-0.2, 0) is 9.59 Å². The van der Waals surface area contributed by atoms with E-state index in [-0.39, 0.29) is 11.4 Å². The van der Waals surface area contributed by atoms with Gasteiger partial charge in [-0.25, -0.2) is 0 Å². The number of ether oxygens (including phenoxy) is 1. The van der Waals surface area contributed by atoms with Crippen LogP contribution in [0.25, 0.3) is 6.08 Å². The number of anilines is 1. The average Bonchev–Trinajstić information content (AvgIpc) is 2.96. The molecule has 30 heavy (non-hydrogen) atoms. The first kappa shape index (κ1) is 21.9. The SMILES string of the molecule is CC(C)COc1ccc(/C=C2/SC(=O)N(CC(=O)Nc3ccccc3Cl)C2=O)cc1. The third-order valence-electron chi connectivity index (χ3n) is 4.08. The Kier molecular flexibility index (Phi) is 7.18. The van der Waals surface area contributed by atoms with E-state index in [2.05, 4.69) is 19.2 Å². The number of carbonyl (C=O) groups excluding carboxylic acids is 3. The lowest BCUT2D eigenvalue weighted by molar-refractivity contribution is -0.127. The highest BCUT2D eigenvalue weighted by molar-refractivity contribution is 8.18. The van der Waals surface area contributed by atoms with Crippen LogP contribution < -0.4 is 10.1 Å². The van der Waals surface area contributed by atoms with Gasteiger partial charge in [0.15, 0.2) is 0 Å². The van der Waals surface area contributed by atoms with Gasteiger partial charge in [0, 0.05) is 0 Å². The number of nitrogens with zero attached hydrogens (tertiary/aromatic N) is 1. The van der Waals surface area contributed by atoms with Crippen LogP contribution in [-0.4, -0.2) is 35.1 Å². The first-order chi connectivity index (χ1) is 14.3. The van der Waals surface area contributed by atoms with E-state index in [1.165, 1.54) is 0 Å². The molecule has 0 radical (unpaired) electrons. The number of halogens is 1. The second-order valence-electron chi connectivity index (χ2n) is 7.07. The standard InChI is InChI=1S/C22H21ClN2O4S/c1-14(2)13-29-16-9-7-15(8-10-16)11-19-21(27)25(22(28)30-19)12-20(26)24-18-6-4-3-5-17(18)23/h3-11,14H,12-13H2,1-2H3,(H,24,26)/b19-11+.